The van der Waals surface area contributed by atoms with E-state index in [0.29, 0.717) is 0 Å². The van der Waals surface area contributed by atoms with Crippen LogP contribution in [0.5, 0.6) is 0 Å². The zero-order valence-electron chi connectivity index (χ0n) is 5.70. The van der Waals surface area contributed by atoms with E-state index in [-0.39, 0.29) is 0 Å². The first-order chi connectivity index (χ1) is 5.15. The Morgan fingerprint density at radius 2 is 1.73 bits per heavy atom. The third kappa shape index (κ3) is 2.41. The summed E-state index contributed by atoms with van der Waals surface area (Å²) < 4.78 is 0.920. The van der Waals surface area contributed by atoms with Gasteiger partial charge in [0.05, 0.1) is 13.6 Å². The van der Waals surface area contributed by atoms with E-state index in [0.717, 1.165) is 18.5 Å². The van der Waals surface area contributed by atoms with Crippen LogP contribution in [0.15, 0.2) is 17.0 Å². The first-order valence-electron chi connectivity index (χ1n) is 2.83. The molecule has 0 atom stereocenters. The Morgan fingerprint density at radius 1 is 1.27 bits per heavy atom. The van der Waals surface area contributed by atoms with Crippen molar-refractivity contribution in [2.75, 3.05) is 6.26 Å². The highest BCUT2D eigenvalue weighted by Gasteiger charge is 2.03. The molecule has 0 aliphatic carbocycles. The Bertz CT molecular complexity index is 252. The Labute approximate surface area is 93.8 Å². The van der Waals surface area contributed by atoms with Crippen molar-refractivity contribution in [3.05, 3.63) is 25.7 Å². The molecule has 0 aliphatic heterocycles. The highest BCUT2D eigenvalue weighted by molar-refractivity contribution is 14.1. The second-order valence-corrected chi connectivity index (χ2v) is 4.68. The van der Waals surface area contributed by atoms with Crippen molar-refractivity contribution < 1.29 is 0 Å². The van der Waals surface area contributed by atoms with Gasteiger partial charge < -0.3 is 0 Å². The van der Waals surface area contributed by atoms with Crippen LogP contribution < -0.4 is 0 Å². The normalized spacial score (nSPS) is 10.2. The van der Waals surface area contributed by atoms with E-state index in [1.807, 2.05) is 18.4 Å². The van der Waals surface area contributed by atoms with Gasteiger partial charge in [-0.15, -0.1) is 11.8 Å². The van der Waals surface area contributed by atoms with Gasteiger partial charge in [0.2, 0.25) is 0 Å². The van der Waals surface area contributed by atoms with Gasteiger partial charge in [-0.2, -0.15) is 0 Å². The number of hydrogen-bond donors (Lipinski definition) is 0. The van der Waals surface area contributed by atoms with E-state index in [1.54, 1.807) is 11.8 Å². The highest BCUT2D eigenvalue weighted by atomic mass is 127. The molecule has 0 amide bonds. The summed E-state index contributed by atoms with van der Waals surface area (Å²) in [4.78, 5) is 1.10. The van der Waals surface area contributed by atoms with Crippen molar-refractivity contribution in [2.24, 2.45) is 0 Å². The van der Waals surface area contributed by atoms with Gasteiger partial charge in [-0.1, -0.05) is 23.2 Å². The number of hydrogen-bond acceptors (Lipinski definition) is 1. The molecule has 1 aromatic carbocycles. The first-order valence-corrected chi connectivity index (χ1v) is 5.89. The first kappa shape index (κ1) is 9.96. The molecule has 0 N–H and O–H groups in total. The van der Waals surface area contributed by atoms with Crippen LogP contribution in [0.3, 0.4) is 0 Å². The number of halogens is 3. The van der Waals surface area contributed by atoms with Gasteiger partial charge in [-0.3, -0.25) is 0 Å². The molecule has 0 saturated heterocycles. The van der Waals surface area contributed by atoms with Gasteiger partial charge in [0.25, 0.3) is 0 Å². The van der Waals surface area contributed by atoms with Gasteiger partial charge in [0.15, 0.2) is 0 Å². The predicted octanol–water partition coefficient (Wildman–Crippen LogP) is 4.32. The average molecular weight is 319 g/mol. The van der Waals surface area contributed by atoms with Crippen molar-refractivity contribution in [3.63, 3.8) is 0 Å². The molecule has 60 valence electrons. The lowest BCUT2D eigenvalue weighted by Gasteiger charge is -2.01. The van der Waals surface area contributed by atoms with Crippen molar-refractivity contribution in [1.29, 1.82) is 0 Å². The smallest absolute Gasteiger partial charge is 0.0565 e. The maximum absolute atomic E-state index is 5.89. The second-order valence-electron chi connectivity index (χ2n) is 1.91. The fourth-order valence-electron chi connectivity index (χ4n) is 0.650. The van der Waals surface area contributed by atoms with Crippen molar-refractivity contribution >= 4 is 57.6 Å². The third-order valence-corrected chi connectivity index (χ3v) is 4.30. The quantitative estimate of drug-likeness (QED) is 0.422. The summed E-state index contributed by atoms with van der Waals surface area (Å²) in [5.74, 6) is 0. The largest absolute Gasteiger partial charge is 0.129 e. The molecule has 4 heteroatoms. The SMILES string of the molecule is CSc1cc(Cl)c(I)c(Cl)c1. The van der Waals surface area contributed by atoms with E-state index in [4.69, 9.17) is 23.2 Å². The van der Waals surface area contributed by atoms with Crippen LogP contribution in [0.25, 0.3) is 0 Å². The Kier molecular flexibility index (Phi) is 3.81. The summed E-state index contributed by atoms with van der Waals surface area (Å²) in [5.41, 5.74) is 0. The molecule has 1 rings (SSSR count). The van der Waals surface area contributed by atoms with Gasteiger partial charge in [0, 0.05) is 4.90 Å². The fourth-order valence-corrected chi connectivity index (χ4v) is 2.05. The van der Waals surface area contributed by atoms with Crippen LogP contribution >= 0.6 is 57.6 Å². The van der Waals surface area contributed by atoms with Gasteiger partial charge in [-0.05, 0) is 41.0 Å². The van der Waals surface area contributed by atoms with Crippen molar-refractivity contribution in [1.82, 2.24) is 0 Å². The molecule has 0 bridgehead atoms. The summed E-state index contributed by atoms with van der Waals surface area (Å²) in [5, 5.41) is 1.45. The molecule has 0 unspecified atom stereocenters. The maximum Gasteiger partial charge on any atom is 0.0565 e. The molecule has 0 saturated carbocycles. The zero-order valence-corrected chi connectivity index (χ0v) is 10.2. The molecule has 0 nitrogen and oxygen atoms in total. The minimum atomic E-state index is 0.724. The summed E-state index contributed by atoms with van der Waals surface area (Å²) in [7, 11) is 0. The third-order valence-electron chi connectivity index (χ3n) is 1.19. The standard InChI is InChI=1S/C7H5Cl2IS/c1-11-4-2-5(8)7(10)6(9)3-4/h2-3H,1H3. The van der Waals surface area contributed by atoms with E-state index in [1.165, 1.54) is 0 Å². The molecule has 0 radical (unpaired) electrons. The summed E-state index contributed by atoms with van der Waals surface area (Å²) in [6.45, 7) is 0. The summed E-state index contributed by atoms with van der Waals surface area (Å²) >= 11 is 15.5. The highest BCUT2D eigenvalue weighted by Crippen LogP contribution is 2.31. The van der Waals surface area contributed by atoms with Crippen LogP contribution in [0.4, 0.5) is 0 Å². The lowest BCUT2D eigenvalue weighted by molar-refractivity contribution is 1.44. The van der Waals surface area contributed by atoms with E-state index in [2.05, 4.69) is 22.6 Å². The van der Waals surface area contributed by atoms with Crippen LogP contribution in [-0.2, 0) is 0 Å². The van der Waals surface area contributed by atoms with E-state index in [9.17, 15) is 0 Å². The van der Waals surface area contributed by atoms with Crippen LogP contribution in [0.2, 0.25) is 10.0 Å². The van der Waals surface area contributed by atoms with Gasteiger partial charge in [0.1, 0.15) is 0 Å². The predicted molar refractivity (Wildman–Crippen MR) is 61.0 cm³/mol. The second kappa shape index (κ2) is 4.21. The Hall–Kier alpha value is 0.880. The lowest BCUT2D eigenvalue weighted by Crippen LogP contribution is -1.78. The van der Waals surface area contributed by atoms with E-state index < -0.39 is 0 Å². The molecule has 0 aliphatic rings. The molecule has 0 heterocycles. The molecular formula is C7H5Cl2IS. The van der Waals surface area contributed by atoms with Crippen molar-refractivity contribution in [2.45, 2.75) is 4.90 Å². The fraction of sp³-hybridized carbons (Fsp3) is 0.143. The van der Waals surface area contributed by atoms with Crippen LogP contribution in [-0.4, -0.2) is 6.26 Å². The maximum atomic E-state index is 5.89. The molecule has 0 fully saturated rings. The minimum absolute atomic E-state index is 0.724. The molecule has 0 aromatic heterocycles. The number of rotatable bonds is 1. The Balaban J connectivity index is 3.21. The van der Waals surface area contributed by atoms with Crippen LogP contribution in [0.1, 0.15) is 0 Å². The summed E-state index contributed by atoms with van der Waals surface area (Å²) in [6, 6.07) is 3.83. The lowest BCUT2D eigenvalue weighted by atomic mass is 10.4. The minimum Gasteiger partial charge on any atom is -0.129 e. The number of benzene rings is 1. The molecule has 1 aromatic rings. The molecule has 11 heavy (non-hydrogen) atoms. The monoisotopic (exact) mass is 318 g/mol. The van der Waals surface area contributed by atoms with E-state index >= 15 is 0 Å². The van der Waals surface area contributed by atoms with Crippen LogP contribution in [0, 0.1) is 3.57 Å². The number of thioether (sulfide) groups is 1. The Morgan fingerprint density at radius 3 is 2.09 bits per heavy atom. The molecular weight excluding hydrogens is 314 g/mol. The van der Waals surface area contributed by atoms with Crippen molar-refractivity contribution in [3.8, 4) is 0 Å². The summed E-state index contributed by atoms with van der Waals surface area (Å²) in [6.07, 6.45) is 1.99. The average Bonchev–Trinajstić information content (AvgIpc) is 1.99. The van der Waals surface area contributed by atoms with Gasteiger partial charge in [-0.25, -0.2) is 0 Å². The zero-order chi connectivity index (χ0) is 8.43. The molecule has 0 spiro atoms. The van der Waals surface area contributed by atoms with Gasteiger partial charge >= 0.3 is 0 Å². The topological polar surface area (TPSA) is 0 Å².